The predicted octanol–water partition coefficient (Wildman–Crippen LogP) is 2.25. The third-order valence-corrected chi connectivity index (χ3v) is 3.95. The van der Waals surface area contributed by atoms with Crippen LogP contribution in [0.4, 0.5) is 11.5 Å². The topological polar surface area (TPSA) is 128 Å². The summed E-state index contributed by atoms with van der Waals surface area (Å²) in [6.07, 6.45) is 3.57. The number of amides is 1. The van der Waals surface area contributed by atoms with Gasteiger partial charge in [0.25, 0.3) is 0 Å². The number of anilines is 2. The van der Waals surface area contributed by atoms with Crippen LogP contribution in [0, 0.1) is 11.3 Å². The fraction of sp³-hybridized carbons (Fsp3) is 0.263. The van der Waals surface area contributed by atoms with Crippen LogP contribution in [0.15, 0.2) is 36.5 Å². The van der Waals surface area contributed by atoms with Crippen molar-refractivity contribution >= 4 is 23.2 Å². The zero-order valence-corrected chi connectivity index (χ0v) is 15.5. The van der Waals surface area contributed by atoms with Gasteiger partial charge in [-0.1, -0.05) is 19.1 Å². The van der Waals surface area contributed by atoms with Crippen molar-refractivity contribution in [1.82, 2.24) is 15.1 Å². The van der Waals surface area contributed by atoms with E-state index < -0.39 is 5.92 Å². The molecule has 1 heterocycles. The van der Waals surface area contributed by atoms with Gasteiger partial charge in [-0.05, 0) is 18.6 Å². The van der Waals surface area contributed by atoms with Crippen LogP contribution in [0.2, 0.25) is 0 Å². The number of ketones is 1. The van der Waals surface area contributed by atoms with Crippen LogP contribution in [0.25, 0.3) is 0 Å². The average molecular weight is 366 g/mol. The molecule has 0 aliphatic rings. The zero-order chi connectivity index (χ0) is 20.0. The number of benzene rings is 1. The molecular weight excluding hydrogens is 344 g/mol. The zero-order valence-electron chi connectivity index (χ0n) is 15.5. The summed E-state index contributed by atoms with van der Waals surface area (Å²) in [6, 6.07) is 8.65. The first-order chi connectivity index (χ1) is 12.9. The second-order valence-corrected chi connectivity index (χ2v) is 6.18. The number of carbonyl (C=O) groups excluding carboxylic acids is 2. The Hall–Kier alpha value is -3.60. The van der Waals surface area contributed by atoms with Gasteiger partial charge in [0.05, 0.1) is 11.6 Å². The minimum absolute atomic E-state index is 0.0685. The largest absolute Gasteiger partial charge is 0.383 e. The van der Waals surface area contributed by atoms with Gasteiger partial charge in [-0.2, -0.15) is 10.4 Å². The number of rotatable bonds is 7. The van der Waals surface area contributed by atoms with E-state index in [1.807, 2.05) is 27.1 Å². The molecule has 0 aliphatic carbocycles. The number of nitrogen functional groups attached to an aromatic ring is 1. The number of allylic oxidation sites excluding steroid dienone is 1. The molecule has 1 aromatic heterocycles. The van der Waals surface area contributed by atoms with E-state index in [4.69, 9.17) is 5.73 Å². The molecule has 0 aliphatic heterocycles. The fourth-order valence-electron chi connectivity index (χ4n) is 2.55. The first kappa shape index (κ1) is 19.7. The van der Waals surface area contributed by atoms with Crippen LogP contribution in [0.5, 0.6) is 0 Å². The lowest BCUT2D eigenvalue weighted by atomic mass is 9.98. The van der Waals surface area contributed by atoms with Crippen molar-refractivity contribution in [2.45, 2.75) is 19.3 Å². The molecule has 0 saturated carbocycles. The van der Waals surface area contributed by atoms with E-state index in [0.29, 0.717) is 23.4 Å². The predicted molar refractivity (Wildman–Crippen MR) is 103 cm³/mol. The van der Waals surface area contributed by atoms with Gasteiger partial charge in [0.15, 0.2) is 11.6 Å². The maximum Gasteiger partial charge on any atom is 0.233 e. The van der Waals surface area contributed by atoms with Crippen molar-refractivity contribution in [3.05, 3.63) is 53.4 Å². The van der Waals surface area contributed by atoms with E-state index in [1.165, 1.54) is 6.08 Å². The van der Waals surface area contributed by atoms with E-state index in [1.54, 1.807) is 35.4 Å². The quantitative estimate of drug-likeness (QED) is 0.509. The van der Waals surface area contributed by atoms with Gasteiger partial charge < -0.3 is 16.0 Å². The molecule has 0 radical (unpaired) electrons. The van der Waals surface area contributed by atoms with Gasteiger partial charge in [-0.25, -0.2) is 0 Å². The number of nitrogens with two attached hydrogens (primary N) is 1. The van der Waals surface area contributed by atoms with Crippen molar-refractivity contribution < 1.29 is 9.59 Å². The van der Waals surface area contributed by atoms with Crippen LogP contribution >= 0.6 is 0 Å². The molecule has 4 N–H and O–H groups in total. The highest BCUT2D eigenvalue weighted by Gasteiger charge is 2.25. The number of aromatic nitrogens is 2. The van der Waals surface area contributed by atoms with Crippen LogP contribution in [0.1, 0.15) is 40.9 Å². The Morgan fingerprint density at radius 2 is 2.19 bits per heavy atom. The van der Waals surface area contributed by atoms with Crippen molar-refractivity contribution in [3.63, 3.8) is 0 Å². The van der Waals surface area contributed by atoms with Crippen LogP contribution in [-0.4, -0.2) is 40.9 Å². The first-order valence-electron chi connectivity index (χ1n) is 8.41. The lowest BCUT2D eigenvalue weighted by Crippen LogP contribution is -2.22. The molecule has 1 aromatic carbocycles. The Labute approximate surface area is 157 Å². The Morgan fingerprint density at radius 1 is 1.44 bits per heavy atom. The molecule has 0 spiro atoms. The Morgan fingerprint density at radius 3 is 2.81 bits per heavy atom. The Bertz CT molecular complexity index is 907. The Kier molecular flexibility index (Phi) is 6.33. The van der Waals surface area contributed by atoms with Gasteiger partial charge in [0.2, 0.25) is 5.91 Å². The van der Waals surface area contributed by atoms with Crippen molar-refractivity contribution in [3.8, 4) is 6.07 Å². The molecule has 140 valence electrons. The Balaban J connectivity index is 2.20. The van der Waals surface area contributed by atoms with Gasteiger partial charge >= 0.3 is 0 Å². The molecule has 0 bridgehead atoms. The normalized spacial score (nSPS) is 11.8. The minimum Gasteiger partial charge on any atom is -0.383 e. The summed E-state index contributed by atoms with van der Waals surface area (Å²) in [5.41, 5.74) is 7.17. The smallest absolute Gasteiger partial charge is 0.233 e. The highest BCUT2D eigenvalue weighted by Crippen LogP contribution is 2.26. The molecule has 1 unspecified atom stereocenters. The standard InChI is InChI=1S/C19H22N6O2/c1-4-14(17-15(11-20)18(21)24-23-17)19(27)22-13-7-5-6-12(10-13)16(26)8-9-25(2)3/h5-10,14H,4H2,1-3H3,(H,22,27)(H3,21,23,24). The van der Waals surface area contributed by atoms with Crippen LogP contribution in [0.3, 0.4) is 0 Å². The van der Waals surface area contributed by atoms with E-state index >= 15 is 0 Å². The number of hydrogen-bond donors (Lipinski definition) is 3. The van der Waals surface area contributed by atoms with Crippen LogP contribution in [-0.2, 0) is 4.79 Å². The van der Waals surface area contributed by atoms with E-state index in [9.17, 15) is 14.9 Å². The monoisotopic (exact) mass is 366 g/mol. The molecule has 2 rings (SSSR count). The summed E-state index contributed by atoms with van der Waals surface area (Å²) in [5.74, 6) is -1.03. The molecule has 8 nitrogen and oxygen atoms in total. The summed E-state index contributed by atoms with van der Waals surface area (Å²) >= 11 is 0. The van der Waals surface area contributed by atoms with Crippen molar-refractivity contribution in [1.29, 1.82) is 5.26 Å². The molecule has 1 amide bonds. The number of H-pyrrole nitrogens is 1. The molecular formula is C19H22N6O2. The van der Waals surface area contributed by atoms with E-state index in [2.05, 4.69) is 15.5 Å². The third-order valence-electron chi connectivity index (χ3n) is 3.95. The molecule has 27 heavy (non-hydrogen) atoms. The van der Waals surface area contributed by atoms with Gasteiger partial charge in [0, 0.05) is 37.6 Å². The molecule has 0 fully saturated rings. The summed E-state index contributed by atoms with van der Waals surface area (Å²) in [7, 11) is 3.64. The third kappa shape index (κ3) is 4.73. The summed E-state index contributed by atoms with van der Waals surface area (Å²) in [5, 5.41) is 18.5. The summed E-state index contributed by atoms with van der Waals surface area (Å²) in [4.78, 5) is 26.7. The highest BCUT2D eigenvalue weighted by molar-refractivity contribution is 6.05. The minimum atomic E-state index is -0.613. The average Bonchev–Trinajstić information content (AvgIpc) is 3.00. The molecule has 2 aromatic rings. The maximum atomic E-state index is 12.7. The lowest BCUT2D eigenvalue weighted by Gasteiger charge is -2.14. The number of nitriles is 1. The number of aromatic amines is 1. The number of nitrogens with one attached hydrogen (secondary N) is 2. The van der Waals surface area contributed by atoms with Gasteiger partial charge in [-0.15, -0.1) is 0 Å². The number of nitrogens with zero attached hydrogens (tertiary/aromatic N) is 3. The van der Waals surface area contributed by atoms with E-state index in [0.717, 1.165) is 0 Å². The van der Waals surface area contributed by atoms with Gasteiger partial charge in [0.1, 0.15) is 11.6 Å². The molecule has 1 atom stereocenters. The van der Waals surface area contributed by atoms with Gasteiger partial charge in [-0.3, -0.25) is 14.7 Å². The first-order valence-corrected chi connectivity index (χ1v) is 8.41. The van der Waals surface area contributed by atoms with Crippen molar-refractivity contribution in [2.75, 3.05) is 25.1 Å². The van der Waals surface area contributed by atoms with E-state index in [-0.39, 0.29) is 23.1 Å². The summed E-state index contributed by atoms with van der Waals surface area (Å²) in [6.45, 7) is 1.83. The second-order valence-electron chi connectivity index (χ2n) is 6.18. The fourth-order valence-corrected chi connectivity index (χ4v) is 2.55. The number of hydrogen-bond acceptors (Lipinski definition) is 6. The van der Waals surface area contributed by atoms with Crippen molar-refractivity contribution in [2.24, 2.45) is 0 Å². The molecule has 0 saturated heterocycles. The van der Waals surface area contributed by atoms with Crippen LogP contribution < -0.4 is 11.1 Å². The second kappa shape index (κ2) is 8.67. The lowest BCUT2D eigenvalue weighted by molar-refractivity contribution is -0.117. The maximum absolute atomic E-state index is 12.7. The SMILES string of the molecule is CCC(C(=O)Nc1cccc(C(=O)C=CN(C)C)c1)c1[nH]nc(N)c1C#N. The number of carbonyl (C=O) groups is 2. The summed E-state index contributed by atoms with van der Waals surface area (Å²) < 4.78 is 0. The molecule has 8 heteroatoms. The highest BCUT2D eigenvalue weighted by atomic mass is 16.2.